The molecule has 1 N–H and O–H groups in total. The Kier molecular flexibility index (Phi) is 3.56. The van der Waals surface area contributed by atoms with Crippen molar-refractivity contribution in [3.63, 3.8) is 0 Å². The van der Waals surface area contributed by atoms with Gasteiger partial charge in [-0.3, -0.25) is 10.1 Å². The van der Waals surface area contributed by atoms with E-state index in [1.165, 1.54) is 6.07 Å². The van der Waals surface area contributed by atoms with Crippen molar-refractivity contribution < 1.29 is 19.2 Å². The predicted molar refractivity (Wildman–Crippen MR) is 67.8 cm³/mol. The third kappa shape index (κ3) is 2.86. The van der Waals surface area contributed by atoms with E-state index in [0.29, 0.717) is 0 Å². The Labute approximate surface area is 112 Å². The number of aryl methyl sites for hydroxylation is 1. The molecule has 0 saturated carbocycles. The van der Waals surface area contributed by atoms with Crippen LogP contribution in [0.4, 0.5) is 5.69 Å². The molecule has 8 nitrogen and oxygen atoms in total. The summed E-state index contributed by atoms with van der Waals surface area (Å²) in [6.07, 6.45) is 1.95. The minimum atomic E-state index is -1.16. The van der Waals surface area contributed by atoms with Crippen LogP contribution < -0.4 is 0 Å². The summed E-state index contributed by atoms with van der Waals surface area (Å²) in [6.45, 7) is 1.77. The van der Waals surface area contributed by atoms with Crippen LogP contribution in [0.1, 0.15) is 11.5 Å². The highest BCUT2D eigenvalue weighted by Crippen LogP contribution is 2.29. The molecule has 0 radical (unpaired) electrons. The summed E-state index contributed by atoms with van der Waals surface area (Å²) in [6, 6.07) is 4.50. The number of nitrogens with zero attached hydrogens (tertiary/aromatic N) is 3. The number of hydrogen-bond acceptors (Lipinski definition) is 6. The lowest BCUT2D eigenvalue weighted by Crippen LogP contribution is -1.92. The highest BCUT2D eigenvalue weighted by atomic mass is 16.6. The molecule has 1 heterocycles. The van der Waals surface area contributed by atoms with Gasteiger partial charge >= 0.3 is 5.97 Å². The number of aliphatic carboxylic acids is 1. The average Bonchev–Trinajstić information content (AvgIpc) is 2.84. The van der Waals surface area contributed by atoms with Gasteiger partial charge in [0, 0.05) is 18.2 Å². The molecular weight excluding hydrogens is 266 g/mol. The molecule has 0 spiro atoms. The summed E-state index contributed by atoms with van der Waals surface area (Å²) in [5.41, 5.74) is 0.830. The molecule has 0 aliphatic heterocycles. The fourth-order valence-electron chi connectivity index (χ4n) is 1.53. The van der Waals surface area contributed by atoms with Crippen molar-refractivity contribution in [2.75, 3.05) is 0 Å². The van der Waals surface area contributed by atoms with Gasteiger partial charge in [0.15, 0.2) is 0 Å². The van der Waals surface area contributed by atoms with Crippen LogP contribution >= 0.6 is 0 Å². The Morgan fingerprint density at radius 3 is 2.85 bits per heavy atom. The minimum Gasteiger partial charge on any atom is -0.478 e. The first-order valence-corrected chi connectivity index (χ1v) is 5.47. The van der Waals surface area contributed by atoms with Crippen molar-refractivity contribution in [2.24, 2.45) is 0 Å². The van der Waals surface area contributed by atoms with Crippen LogP contribution in [0.25, 0.3) is 17.5 Å². The zero-order valence-corrected chi connectivity index (χ0v) is 10.3. The Bertz CT molecular complexity index is 705. The third-order valence-electron chi connectivity index (χ3n) is 2.39. The summed E-state index contributed by atoms with van der Waals surface area (Å²) in [7, 11) is 0. The van der Waals surface area contributed by atoms with Gasteiger partial charge in [-0.05, 0) is 18.6 Å². The summed E-state index contributed by atoms with van der Waals surface area (Å²) in [5.74, 6) is -1.24. The Hall–Kier alpha value is -3.03. The molecule has 0 aliphatic carbocycles. The summed E-state index contributed by atoms with van der Waals surface area (Å²) in [5, 5.41) is 26.7. The molecule has 20 heavy (non-hydrogen) atoms. The number of rotatable bonds is 4. The van der Waals surface area contributed by atoms with Gasteiger partial charge in [-0.2, -0.15) is 0 Å². The molecule has 2 rings (SSSR count). The van der Waals surface area contributed by atoms with Crippen molar-refractivity contribution >= 4 is 17.7 Å². The van der Waals surface area contributed by atoms with Crippen LogP contribution in [0.15, 0.2) is 28.7 Å². The van der Waals surface area contributed by atoms with Gasteiger partial charge in [-0.1, -0.05) is 6.07 Å². The number of aromatic nitrogens is 2. The molecule has 1 aromatic carbocycles. The Balaban J connectivity index is 2.44. The fraction of sp³-hybridized carbons (Fsp3) is 0.0833. The zero-order chi connectivity index (χ0) is 14.7. The van der Waals surface area contributed by atoms with E-state index < -0.39 is 10.9 Å². The van der Waals surface area contributed by atoms with Crippen molar-refractivity contribution in [3.8, 4) is 11.5 Å². The molecule has 2 aromatic rings. The quantitative estimate of drug-likeness (QED) is 0.515. The van der Waals surface area contributed by atoms with Crippen LogP contribution in [-0.2, 0) is 4.79 Å². The maximum atomic E-state index is 11.0. The summed E-state index contributed by atoms with van der Waals surface area (Å²) >= 11 is 0. The highest BCUT2D eigenvalue weighted by molar-refractivity contribution is 5.84. The second kappa shape index (κ2) is 5.31. The first kappa shape index (κ1) is 13.4. The van der Waals surface area contributed by atoms with Crippen LogP contribution in [0.3, 0.4) is 0 Å². The lowest BCUT2D eigenvalue weighted by molar-refractivity contribution is -0.384. The molecule has 0 unspecified atom stereocenters. The van der Waals surface area contributed by atoms with Crippen LogP contribution in [-0.4, -0.2) is 26.2 Å². The van der Waals surface area contributed by atoms with Gasteiger partial charge in [0.25, 0.3) is 11.6 Å². The zero-order valence-electron chi connectivity index (χ0n) is 10.3. The number of carbonyl (C=O) groups is 1. The van der Waals surface area contributed by atoms with Crippen molar-refractivity contribution in [1.82, 2.24) is 10.2 Å². The Morgan fingerprint density at radius 1 is 1.45 bits per heavy atom. The molecule has 0 fully saturated rings. The first-order valence-electron chi connectivity index (χ1n) is 5.47. The van der Waals surface area contributed by atoms with Crippen LogP contribution in [0, 0.1) is 17.0 Å². The van der Waals surface area contributed by atoms with Crippen molar-refractivity contribution in [1.29, 1.82) is 0 Å². The van der Waals surface area contributed by atoms with E-state index in [1.807, 2.05) is 0 Å². The number of carboxylic acids is 1. The topological polar surface area (TPSA) is 119 Å². The monoisotopic (exact) mass is 275 g/mol. The fourth-order valence-corrected chi connectivity index (χ4v) is 1.53. The number of carboxylic acid groups (broad SMARTS) is 1. The minimum absolute atomic E-state index is 0.0366. The molecule has 0 bridgehead atoms. The van der Waals surface area contributed by atoms with Gasteiger partial charge in [0.05, 0.1) is 4.92 Å². The molecule has 0 atom stereocenters. The molecule has 0 amide bonds. The molecule has 0 aliphatic rings. The van der Waals surface area contributed by atoms with E-state index in [-0.39, 0.29) is 23.0 Å². The average molecular weight is 275 g/mol. The van der Waals surface area contributed by atoms with Gasteiger partial charge in [-0.15, -0.1) is 10.2 Å². The van der Waals surface area contributed by atoms with Gasteiger partial charge in [0.2, 0.25) is 5.89 Å². The van der Waals surface area contributed by atoms with Crippen molar-refractivity contribution in [3.05, 3.63) is 45.8 Å². The lowest BCUT2D eigenvalue weighted by Gasteiger charge is -1.99. The van der Waals surface area contributed by atoms with Gasteiger partial charge in [0.1, 0.15) is 5.56 Å². The van der Waals surface area contributed by atoms with E-state index in [1.54, 1.807) is 19.1 Å². The van der Waals surface area contributed by atoms with Crippen LogP contribution in [0.5, 0.6) is 0 Å². The van der Waals surface area contributed by atoms with E-state index in [0.717, 1.165) is 17.7 Å². The molecular formula is C12H9N3O5. The molecule has 0 saturated heterocycles. The maximum Gasteiger partial charge on any atom is 0.328 e. The molecule has 8 heteroatoms. The second-order valence-electron chi connectivity index (χ2n) is 3.89. The van der Waals surface area contributed by atoms with E-state index in [2.05, 4.69) is 10.2 Å². The Morgan fingerprint density at radius 2 is 2.20 bits per heavy atom. The first-order chi connectivity index (χ1) is 9.47. The largest absolute Gasteiger partial charge is 0.478 e. The lowest BCUT2D eigenvalue weighted by atomic mass is 10.1. The van der Waals surface area contributed by atoms with E-state index in [9.17, 15) is 14.9 Å². The van der Waals surface area contributed by atoms with E-state index in [4.69, 9.17) is 9.52 Å². The SMILES string of the molecule is Cc1ccc([N+](=O)[O-])c(-c2nnc(/C=C/C(=O)O)o2)c1. The second-order valence-corrected chi connectivity index (χ2v) is 3.89. The summed E-state index contributed by atoms with van der Waals surface area (Å²) < 4.78 is 5.19. The number of hydrogen-bond donors (Lipinski definition) is 1. The van der Waals surface area contributed by atoms with Gasteiger partial charge < -0.3 is 9.52 Å². The summed E-state index contributed by atoms with van der Waals surface area (Å²) in [4.78, 5) is 20.8. The van der Waals surface area contributed by atoms with E-state index >= 15 is 0 Å². The maximum absolute atomic E-state index is 11.0. The third-order valence-corrected chi connectivity index (χ3v) is 2.39. The number of benzene rings is 1. The van der Waals surface area contributed by atoms with Crippen LogP contribution in [0.2, 0.25) is 0 Å². The number of nitro benzene ring substituents is 1. The number of nitro groups is 1. The molecule has 1 aromatic heterocycles. The normalized spacial score (nSPS) is 10.8. The smallest absolute Gasteiger partial charge is 0.328 e. The predicted octanol–water partition coefficient (Wildman–Crippen LogP) is 2.05. The standard InChI is InChI=1S/C12H9N3O5/c1-7-2-3-9(15(18)19)8(6-7)12-14-13-10(20-12)4-5-11(16)17/h2-6H,1H3,(H,16,17)/b5-4+. The van der Waals surface area contributed by atoms with Crippen molar-refractivity contribution in [2.45, 2.75) is 6.92 Å². The van der Waals surface area contributed by atoms with Gasteiger partial charge in [-0.25, -0.2) is 4.79 Å². The molecule has 102 valence electrons. The highest BCUT2D eigenvalue weighted by Gasteiger charge is 2.19.